The van der Waals surface area contributed by atoms with Gasteiger partial charge in [0, 0.05) is 10.0 Å². The van der Waals surface area contributed by atoms with E-state index >= 15 is 0 Å². The SMILES string of the molecule is Cc1ccc(C)c(-n2c(C)nnc2SCC(=O)NC(C)c2ccc(Cl)cc2Cl)c1. The monoisotopic (exact) mass is 448 g/mol. The summed E-state index contributed by atoms with van der Waals surface area (Å²) in [5, 5.41) is 13.2. The minimum atomic E-state index is -0.230. The number of aromatic nitrogens is 3. The van der Waals surface area contributed by atoms with Crippen LogP contribution in [0.2, 0.25) is 10.0 Å². The molecule has 0 aliphatic rings. The smallest absolute Gasteiger partial charge is 0.230 e. The second-order valence-electron chi connectivity index (χ2n) is 6.90. The fraction of sp³-hybridized carbons (Fsp3) is 0.286. The lowest BCUT2D eigenvalue weighted by molar-refractivity contribution is -0.119. The number of aryl methyl sites for hydroxylation is 3. The molecule has 1 amide bonds. The van der Waals surface area contributed by atoms with Gasteiger partial charge in [-0.3, -0.25) is 9.36 Å². The minimum Gasteiger partial charge on any atom is -0.349 e. The number of hydrogen-bond donors (Lipinski definition) is 1. The lowest BCUT2D eigenvalue weighted by Crippen LogP contribution is -2.28. The van der Waals surface area contributed by atoms with Gasteiger partial charge in [0.15, 0.2) is 5.16 Å². The van der Waals surface area contributed by atoms with Gasteiger partial charge in [-0.25, -0.2) is 0 Å². The van der Waals surface area contributed by atoms with Crippen molar-refractivity contribution in [3.8, 4) is 5.69 Å². The zero-order valence-corrected chi connectivity index (χ0v) is 19.0. The predicted octanol–water partition coefficient (Wildman–Crippen LogP) is 5.47. The summed E-state index contributed by atoms with van der Waals surface area (Å²) in [6, 6.07) is 11.3. The van der Waals surface area contributed by atoms with E-state index in [1.54, 1.807) is 12.1 Å². The molecule has 3 aromatic rings. The second kappa shape index (κ2) is 9.20. The molecule has 1 aromatic heterocycles. The first-order valence-electron chi connectivity index (χ1n) is 9.13. The van der Waals surface area contributed by atoms with Crippen LogP contribution in [0.1, 0.15) is 35.5 Å². The highest BCUT2D eigenvalue weighted by Crippen LogP contribution is 2.27. The largest absolute Gasteiger partial charge is 0.349 e. The minimum absolute atomic E-state index is 0.110. The van der Waals surface area contributed by atoms with Crippen molar-refractivity contribution >= 4 is 40.9 Å². The first-order chi connectivity index (χ1) is 13.8. The van der Waals surface area contributed by atoms with Gasteiger partial charge in [-0.2, -0.15) is 0 Å². The van der Waals surface area contributed by atoms with Crippen molar-refractivity contribution in [1.82, 2.24) is 20.1 Å². The Bertz CT molecular complexity index is 1050. The number of nitrogens with zero attached hydrogens (tertiary/aromatic N) is 3. The molecular weight excluding hydrogens is 427 g/mol. The maximum atomic E-state index is 12.5. The van der Waals surface area contributed by atoms with E-state index in [4.69, 9.17) is 23.2 Å². The topological polar surface area (TPSA) is 59.8 Å². The molecule has 1 atom stereocenters. The number of halogens is 2. The predicted molar refractivity (Wildman–Crippen MR) is 119 cm³/mol. The van der Waals surface area contributed by atoms with Crippen LogP contribution in [-0.4, -0.2) is 26.4 Å². The van der Waals surface area contributed by atoms with Gasteiger partial charge in [0.1, 0.15) is 5.82 Å². The van der Waals surface area contributed by atoms with Crippen molar-refractivity contribution in [2.75, 3.05) is 5.75 Å². The van der Waals surface area contributed by atoms with Crippen molar-refractivity contribution in [3.63, 3.8) is 0 Å². The molecule has 0 spiro atoms. The molecule has 152 valence electrons. The van der Waals surface area contributed by atoms with Crippen molar-refractivity contribution in [3.05, 3.63) is 69.0 Å². The van der Waals surface area contributed by atoms with Crippen LogP contribution >= 0.6 is 35.0 Å². The zero-order chi connectivity index (χ0) is 21.1. The van der Waals surface area contributed by atoms with E-state index in [1.165, 1.54) is 11.8 Å². The Morgan fingerprint density at radius 1 is 1.14 bits per heavy atom. The van der Waals surface area contributed by atoms with Gasteiger partial charge in [0.2, 0.25) is 5.91 Å². The Morgan fingerprint density at radius 3 is 2.62 bits per heavy atom. The Labute approximate surface area is 184 Å². The van der Waals surface area contributed by atoms with Crippen LogP contribution in [0.3, 0.4) is 0 Å². The molecule has 0 aliphatic carbocycles. The first kappa shape index (κ1) is 21.7. The summed E-state index contributed by atoms with van der Waals surface area (Å²) in [6.45, 7) is 7.89. The molecule has 1 unspecified atom stereocenters. The van der Waals surface area contributed by atoms with Crippen LogP contribution in [0.25, 0.3) is 5.69 Å². The van der Waals surface area contributed by atoms with Gasteiger partial charge in [0.05, 0.1) is 17.5 Å². The third-order valence-corrected chi connectivity index (χ3v) is 6.03. The van der Waals surface area contributed by atoms with Gasteiger partial charge in [-0.05, 0) is 62.6 Å². The maximum absolute atomic E-state index is 12.5. The molecule has 29 heavy (non-hydrogen) atoms. The highest BCUT2D eigenvalue weighted by Gasteiger charge is 2.17. The second-order valence-corrected chi connectivity index (χ2v) is 8.68. The fourth-order valence-corrected chi connectivity index (χ4v) is 4.39. The molecule has 2 aromatic carbocycles. The summed E-state index contributed by atoms with van der Waals surface area (Å²) in [5.74, 6) is 0.892. The van der Waals surface area contributed by atoms with E-state index < -0.39 is 0 Å². The number of nitrogens with one attached hydrogen (secondary N) is 1. The van der Waals surface area contributed by atoms with E-state index in [9.17, 15) is 4.79 Å². The number of thioether (sulfide) groups is 1. The van der Waals surface area contributed by atoms with Crippen molar-refractivity contribution < 1.29 is 4.79 Å². The standard InChI is InChI=1S/C21H22Cl2N4OS/c1-12-5-6-13(2)19(9-12)27-15(4)25-26-21(27)29-11-20(28)24-14(3)17-8-7-16(22)10-18(17)23/h5-10,14H,11H2,1-4H3,(H,24,28). The molecule has 1 heterocycles. The highest BCUT2D eigenvalue weighted by atomic mass is 35.5. The van der Waals surface area contributed by atoms with E-state index in [1.807, 2.05) is 38.3 Å². The highest BCUT2D eigenvalue weighted by molar-refractivity contribution is 7.99. The summed E-state index contributed by atoms with van der Waals surface area (Å²) in [4.78, 5) is 12.5. The summed E-state index contributed by atoms with van der Waals surface area (Å²) in [5.41, 5.74) is 4.12. The fourth-order valence-electron chi connectivity index (χ4n) is 3.02. The first-order valence-corrected chi connectivity index (χ1v) is 10.9. The van der Waals surface area contributed by atoms with Gasteiger partial charge in [0.25, 0.3) is 0 Å². The van der Waals surface area contributed by atoms with Crippen LogP contribution in [-0.2, 0) is 4.79 Å². The molecule has 5 nitrogen and oxygen atoms in total. The molecule has 0 aliphatic heterocycles. The third-order valence-electron chi connectivity index (χ3n) is 4.54. The molecule has 1 N–H and O–H groups in total. The van der Waals surface area contributed by atoms with E-state index in [-0.39, 0.29) is 17.7 Å². The number of hydrogen-bond acceptors (Lipinski definition) is 4. The van der Waals surface area contributed by atoms with Gasteiger partial charge in [-0.15, -0.1) is 10.2 Å². The summed E-state index contributed by atoms with van der Waals surface area (Å²) < 4.78 is 1.99. The number of carbonyl (C=O) groups is 1. The number of carbonyl (C=O) groups excluding carboxylic acids is 1. The zero-order valence-electron chi connectivity index (χ0n) is 16.7. The van der Waals surface area contributed by atoms with Crippen molar-refractivity contribution in [1.29, 1.82) is 0 Å². The van der Waals surface area contributed by atoms with Crippen LogP contribution in [0.4, 0.5) is 0 Å². The van der Waals surface area contributed by atoms with Crippen LogP contribution in [0, 0.1) is 20.8 Å². The van der Waals surface area contributed by atoms with Crippen LogP contribution in [0.15, 0.2) is 41.6 Å². The Kier molecular flexibility index (Phi) is 6.88. The Morgan fingerprint density at radius 2 is 1.90 bits per heavy atom. The average Bonchev–Trinajstić information content (AvgIpc) is 3.02. The molecule has 8 heteroatoms. The lowest BCUT2D eigenvalue weighted by atomic mass is 10.1. The van der Waals surface area contributed by atoms with Crippen LogP contribution in [0.5, 0.6) is 0 Å². The Balaban J connectivity index is 1.70. The van der Waals surface area contributed by atoms with E-state index in [0.29, 0.717) is 15.2 Å². The summed E-state index contributed by atoms with van der Waals surface area (Å²) in [7, 11) is 0. The molecule has 0 fully saturated rings. The number of benzene rings is 2. The molecule has 0 bridgehead atoms. The lowest BCUT2D eigenvalue weighted by Gasteiger charge is -2.16. The summed E-state index contributed by atoms with van der Waals surface area (Å²) in [6.07, 6.45) is 0. The van der Waals surface area contributed by atoms with E-state index in [0.717, 1.165) is 28.2 Å². The van der Waals surface area contributed by atoms with E-state index in [2.05, 4.69) is 33.7 Å². The van der Waals surface area contributed by atoms with Gasteiger partial charge < -0.3 is 5.32 Å². The van der Waals surface area contributed by atoms with Crippen LogP contribution < -0.4 is 5.32 Å². The molecular formula is C21H22Cl2N4OS. The maximum Gasteiger partial charge on any atom is 0.230 e. The molecule has 3 rings (SSSR count). The van der Waals surface area contributed by atoms with Gasteiger partial charge >= 0.3 is 0 Å². The average molecular weight is 449 g/mol. The molecule has 0 saturated carbocycles. The third kappa shape index (κ3) is 5.13. The quantitative estimate of drug-likeness (QED) is 0.507. The molecule has 0 saturated heterocycles. The van der Waals surface area contributed by atoms with Gasteiger partial charge in [-0.1, -0.05) is 53.2 Å². The summed E-state index contributed by atoms with van der Waals surface area (Å²) >= 11 is 13.5. The number of amides is 1. The number of rotatable bonds is 6. The molecule has 0 radical (unpaired) electrons. The van der Waals surface area contributed by atoms with Crippen molar-refractivity contribution in [2.24, 2.45) is 0 Å². The Hall–Kier alpha value is -2.02. The van der Waals surface area contributed by atoms with Crippen molar-refractivity contribution in [2.45, 2.75) is 38.9 Å². The normalized spacial score (nSPS) is 12.1.